The fourth-order valence-corrected chi connectivity index (χ4v) is 4.43. The van der Waals surface area contributed by atoms with Gasteiger partial charge in [-0.1, -0.05) is 23.7 Å². The van der Waals surface area contributed by atoms with E-state index in [1.54, 1.807) is 31.2 Å². The normalized spacial score (nSPS) is 14.3. The summed E-state index contributed by atoms with van der Waals surface area (Å²) in [6.07, 6.45) is 3.11. The molecule has 1 amide bonds. The van der Waals surface area contributed by atoms with Gasteiger partial charge in [-0.05, 0) is 50.3 Å². The van der Waals surface area contributed by atoms with Crippen LogP contribution in [0.25, 0.3) is 0 Å². The van der Waals surface area contributed by atoms with E-state index in [1.807, 2.05) is 0 Å². The van der Waals surface area contributed by atoms with Gasteiger partial charge in [-0.2, -0.15) is 0 Å². The molecule has 1 atom stereocenters. The van der Waals surface area contributed by atoms with Crippen molar-refractivity contribution in [2.45, 2.75) is 38.7 Å². The number of carbonyl (C=O) groups excluding carboxylic acids is 2. The Hall–Kier alpha value is -2.05. The van der Waals surface area contributed by atoms with Crippen LogP contribution < -0.4 is 10.1 Å². The number of ether oxygens (including phenoxy) is 2. The molecule has 0 aliphatic heterocycles. The number of rotatable bonds is 5. The van der Waals surface area contributed by atoms with Crippen molar-refractivity contribution in [3.63, 3.8) is 0 Å². The van der Waals surface area contributed by atoms with Crippen LogP contribution in [-0.2, 0) is 22.4 Å². The van der Waals surface area contributed by atoms with Gasteiger partial charge in [0.05, 0.1) is 17.7 Å². The number of hydrogen-bond acceptors (Lipinski definition) is 5. The summed E-state index contributed by atoms with van der Waals surface area (Å²) in [5, 5.41) is 3.80. The maximum absolute atomic E-state index is 12.6. The van der Waals surface area contributed by atoms with Crippen LogP contribution in [0.3, 0.4) is 0 Å². The van der Waals surface area contributed by atoms with E-state index in [2.05, 4.69) is 5.32 Å². The number of halogens is 1. The number of hydrogen-bond donors (Lipinski definition) is 1. The lowest BCUT2D eigenvalue weighted by Gasteiger charge is -2.15. The molecular weight excluding hydrogens is 374 g/mol. The lowest BCUT2D eigenvalue weighted by molar-refractivity contribution is -0.122. The predicted octanol–water partition coefficient (Wildman–Crippen LogP) is 4.47. The second-order valence-electron chi connectivity index (χ2n) is 6.09. The molecule has 7 heteroatoms. The Morgan fingerprint density at radius 1 is 1.23 bits per heavy atom. The Morgan fingerprint density at radius 2 is 1.96 bits per heavy atom. The number of nitrogens with one attached hydrogen (secondary N) is 1. The van der Waals surface area contributed by atoms with Gasteiger partial charge in [-0.15, -0.1) is 11.3 Å². The third-order valence-corrected chi connectivity index (χ3v) is 5.83. The number of esters is 1. The molecule has 0 spiro atoms. The van der Waals surface area contributed by atoms with E-state index in [0.717, 1.165) is 36.1 Å². The van der Waals surface area contributed by atoms with Crippen LogP contribution in [0.5, 0.6) is 5.75 Å². The largest absolute Gasteiger partial charge is 0.479 e. The smallest absolute Gasteiger partial charge is 0.341 e. The summed E-state index contributed by atoms with van der Waals surface area (Å²) in [7, 11) is 1.35. The van der Waals surface area contributed by atoms with Crippen molar-refractivity contribution in [2.75, 3.05) is 12.4 Å². The fraction of sp³-hybridized carbons (Fsp3) is 0.368. The van der Waals surface area contributed by atoms with Crippen LogP contribution in [-0.4, -0.2) is 25.1 Å². The number of para-hydroxylation sites is 1. The van der Waals surface area contributed by atoms with Crippen molar-refractivity contribution in [3.05, 3.63) is 45.3 Å². The predicted molar refractivity (Wildman–Crippen MR) is 102 cm³/mol. The number of thiophene rings is 1. The van der Waals surface area contributed by atoms with Crippen molar-refractivity contribution in [3.8, 4) is 5.75 Å². The quantitative estimate of drug-likeness (QED) is 0.761. The molecule has 138 valence electrons. The van der Waals surface area contributed by atoms with Gasteiger partial charge in [-0.25, -0.2) is 4.79 Å². The molecule has 26 heavy (non-hydrogen) atoms. The van der Waals surface area contributed by atoms with Gasteiger partial charge < -0.3 is 14.8 Å². The minimum absolute atomic E-state index is 0.339. The third-order valence-electron chi connectivity index (χ3n) is 4.31. The number of benzene rings is 1. The number of anilines is 1. The zero-order valence-electron chi connectivity index (χ0n) is 14.6. The molecule has 1 aliphatic carbocycles. The molecule has 0 saturated heterocycles. The second kappa shape index (κ2) is 8.10. The average molecular weight is 394 g/mol. The minimum Gasteiger partial charge on any atom is -0.479 e. The maximum Gasteiger partial charge on any atom is 0.341 e. The van der Waals surface area contributed by atoms with Gasteiger partial charge in [0, 0.05) is 4.88 Å². The van der Waals surface area contributed by atoms with Gasteiger partial charge in [0.15, 0.2) is 6.10 Å². The number of fused-ring (bicyclic) bond motifs is 1. The molecule has 5 nitrogen and oxygen atoms in total. The highest BCUT2D eigenvalue weighted by Gasteiger charge is 2.28. The summed E-state index contributed by atoms with van der Waals surface area (Å²) >= 11 is 7.52. The van der Waals surface area contributed by atoms with E-state index in [0.29, 0.717) is 21.3 Å². The molecular formula is C19H20ClNO4S. The van der Waals surface area contributed by atoms with Gasteiger partial charge in [-0.3, -0.25) is 4.79 Å². The number of methoxy groups -OCH3 is 1. The molecule has 0 radical (unpaired) electrons. The highest BCUT2D eigenvalue weighted by molar-refractivity contribution is 7.17. The van der Waals surface area contributed by atoms with Crippen molar-refractivity contribution in [1.29, 1.82) is 0 Å². The summed E-state index contributed by atoms with van der Waals surface area (Å²) in [6, 6.07) is 6.98. The van der Waals surface area contributed by atoms with Crippen molar-refractivity contribution in [2.24, 2.45) is 0 Å². The highest BCUT2D eigenvalue weighted by atomic mass is 35.5. The molecule has 0 unspecified atom stereocenters. The Balaban J connectivity index is 1.79. The van der Waals surface area contributed by atoms with Crippen LogP contribution in [0.1, 0.15) is 40.6 Å². The SMILES string of the molecule is COC(=O)c1c(NC(=O)[C@H](C)Oc2ccccc2Cl)sc2c1CCCC2. The van der Waals surface area contributed by atoms with E-state index in [1.165, 1.54) is 18.4 Å². The molecule has 2 aromatic rings. The lowest BCUT2D eigenvalue weighted by Crippen LogP contribution is -2.30. The standard InChI is InChI=1S/C19H20ClNO4S/c1-11(25-14-9-5-4-8-13(14)20)17(22)21-18-16(19(23)24-2)12-7-3-6-10-15(12)26-18/h4-5,8-9,11H,3,6-7,10H2,1-2H3,(H,21,22)/t11-/m0/s1. The fourth-order valence-electron chi connectivity index (χ4n) is 2.97. The van der Waals surface area contributed by atoms with E-state index in [9.17, 15) is 9.59 Å². The van der Waals surface area contributed by atoms with E-state index in [4.69, 9.17) is 21.1 Å². The average Bonchev–Trinajstić information content (AvgIpc) is 3.00. The Bertz CT molecular complexity index is 833. The number of aryl methyl sites for hydroxylation is 1. The Morgan fingerprint density at radius 3 is 2.69 bits per heavy atom. The number of carbonyl (C=O) groups is 2. The zero-order chi connectivity index (χ0) is 18.7. The zero-order valence-corrected chi connectivity index (χ0v) is 16.2. The summed E-state index contributed by atoms with van der Waals surface area (Å²) in [4.78, 5) is 26.0. The number of amides is 1. The molecule has 0 saturated carbocycles. The molecule has 1 N–H and O–H groups in total. The first kappa shape index (κ1) is 18.7. The molecule has 1 aliphatic rings. The molecule has 1 aromatic carbocycles. The van der Waals surface area contributed by atoms with Crippen molar-refractivity contribution in [1.82, 2.24) is 0 Å². The molecule has 0 bridgehead atoms. The molecule has 1 aromatic heterocycles. The lowest BCUT2D eigenvalue weighted by atomic mass is 9.95. The molecule has 0 fully saturated rings. The molecule has 1 heterocycles. The first-order valence-electron chi connectivity index (χ1n) is 8.46. The van der Waals surface area contributed by atoms with Crippen LogP contribution in [0, 0.1) is 0 Å². The highest BCUT2D eigenvalue weighted by Crippen LogP contribution is 2.38. The minimum atomic E-state index is -0.764. The third kappa shape index (κ3) is 3.86. The summed E-state index contributed by atoms with van der Waals surface area (Å²) in [5.41, 5.74) is 1.48. The summed E-state index contributed by atoms with van der Waals surface area (Å²) < 4.78 is 10.6. The van der Waals surface area contributed by atoms with Crippen molar-refractivity contribution >= 4 is 39.8 Å². The summed E-state index contributed by atoms with van der Waals surface area (Å²) in [6.45, 7) is 1.64. The maximum atomic E-state index is 12.6. The monoisotopic (exact) mass is 393 g/mol. The Kier molecular flexibility index (Phi) is 5.84. The van der Waals surface area contributed by atoms with E-state index >= 15 is 0 Å². The van der Waals surface area contributed by atoms with Gasteiger partial charge >= 0.3 is 5.97 Å². The first-order chi connectivity index (χ1) is 12.5. The molecule has 3 rings (SSSR count). The Labute approximate surface area is 161 Å². The van der Waals surface area contributed by atoms with E-state index < -0.39 is 12.1 Å². The van der Waals surface area contributed by atoms with Gasteiger partial charge in [0.2, 0.25) is 0 Å². The van der Waals surface area contributed by atoms with E-state index in [-0.39, 0.29) is 5.91 Å². The first-order valence-corrected chi connectivity index (χ1v) is 9.65. The summed E-state index contributed by atoms with van der Waals surface area (Å²) in [5.74, 6) is -0.316. The van der Waals surface area contributed by atoms with Gasteiger partial charge in [0.25, 0.3) is 5.91 Å². The second-order valence-corrected chi connectivity index (χ2v) is 7.60. The topological polar surface area (TPSA) is 64.6 Å². The van der Waals surface area contributed by atoms with Crippen LogP contribution in [0.2, 0.25) is 5.02 Å². The van der Waals surface area contributed by atoms with Crippen molar-refractivity contribution < 1.29 is 19.1 Å². The van der Waals surface area contributed by atoms with Crippen LogP contribution >= 0.6 is 22.9 Å². The van der Waals surface area contributed by atoms with Crippen LogP contribution in [0.15, 0.2) is 24.3 Å². The van der Waals surface area contributed by atoms with Crippen LogP contribution in [0.4, 0.5) is 5.00 Å². The van der Waals surface area contributed by atoms with Gasteiger partial charge in [0.1, 0.15) is 10.8 Å².